The second kappa shape index (κ2) is 9.86. The minimum absolute atomic E-state index is 0.182. The quantitative estimate of drug-likeness (QED) is 0.596. The zero-order valence-electron chi connectivity index (χ0n) is 17.6. The summed E-state index contributed by atoms with van der Waals surface area (Å²) in [5.74, 6) is 0.540. The highest BCUT2D eigenvalue weighted by atomic mass is 35.5. The topological polar surface area (TPSA) is 44.8 Å². The second-order valence-electron chi connectivity index (χ2n) is 7.71. The van der Waals surface area contributed by atoms with Crippen LogP contribution in [0.5, 0.6) is 5.75 Å². The van der Waals surface area contributed by atoms with Crippen LogP contribution in [0.4, 0.5) is 11.4 Å². The van der Waals surface area contributed by atoms with E-state index in [1.807, 2.05) is 48.5 Å². The number of carbonyl (C=O) groups excluding carboxylic acids is 1. The highest BCUT2D eigenvalue weighted by Gasteiger charge is 2.17. The number of piperazine rings is 1. The summed E-state index contributed by atoms with van der Waals surface area (Å²) in [6.45, 7) is 4.41. The van der Waals surface area contributed by atoms with E-state index in [-0.39, 0.29) is 5.91 Å². The van der Waals surface area contributed by atoms with Crippen LogP contribution in [-0.4, -0.2) is 44.0 Å². The van der Waals surface area contributed by atoms with Crippen LogP contribution < -0.4 is 15.0 Å². The molecule has 0 aliphatic carbocycles. The number of hydrogen-bond acceptors (Lipinski definition) is 4. The third kappa shape index (κ3) is 5.57. The molecule has 5 nitrogen and oxygen atoms in total. The van der Waals surface area contributed by atoms with E-state index in [1.165, 1.54) is 0 Å². The van der Waals surface area contributed by atoms with Crippen molar-refractivity contribution in [2.45, 2.75) is 6.61 Å². The van der Waals surface area contributed by atoms with Crippen molar-refractivity contribution in [3.8, 4) is 5.75 Å². The molecule has 0 bridgehead atoms. The highest BCUT2D eigenvalue weighted by Crippen LogP contribution is 2.30. The molecular weight excluding hydrogens is 410 g/mol. The van der Waals surface area contributed by atoms with Crippen molar-refractivity contribution >= 4 is 28.9 Å². The van der Waals surface area contributed by atoms with Gasteiger partial charge in [0.25, 0.3) is 5.91 Å². The van der Waals surface area contributed by atoms with E-state index in [2.05, 4.69) is 22.2 Å². The SMILES string of the molecule is CN1CCN(c2ccc(NC(=O)c3ccc(OCc4ccccc4)cc3)cc2Cl)CC1. The first kappa shape index (κ1) is 21.2. The molecule has 3 aromatic carbocycles. The van der Waals surface area contributed by atoms with Crippen LogP contribution >= 0.6 is 11.6 Å². The van der Waals surface area contributed by atoms with Crippen LogP contribution in [0.1, 0.15) is 15.9 Å². The third-order valence-electron chi connectivity index (χ3n) is 5.41. The number of nitrogens with zero attached hydrogens (tertiary/aromatic N) is 2. The number of anilines is 2. The molecule has 1 fully saturated rings. The third-order valence-corrected chi connectivity index (χ3v) is 5.72. The summed E-state index contributed by atoms with van der Waals surface area (Å²) in [6, 6.07) is 22.8. The van der Waals surface area contributed by atoms with Crippen molar-refractivity contribution in [2.75, 3.05) is 43.4 Å². The average Bonchev–Trinajstić information content (AvgIpc) is 2.80. The Morgan fingerprint density at radius 3 is 2.35 bits per heavy atom. The van der Waals surface area contributed by atoms with Crippen molar-refractivity contribution in [1.82, 2.24) is 4.90 Å². The molecule has 1 aliphatic heterocycles. The Morgan fingerprint density at radius 1 is 0.968 bits per heavy atom. The van der Waals surface area contributed by atoms with E-state index < -0.39 is 0 Å². The van der Waals surface area contributed by atoms with Gasteiger partial charge in [-0.3, -0.25) is 4.79 Å². The summed E-state index contributed by atoms with van der Waals surface area (Å²) in [7, 11) is 2.12. The van der Waals surface area contributed by atoms with Gasteiger partial charge in [-0.2, -0.15) is 0 Å². The fourth-order valence-corrected chi connectivity index (χ4v) is 3.84. The van der Waals surface area contributed by atoms with Crippen LogP contribution in [0.25, 0.3) is 0 Å². The molecule has 0 radical (unpaired) electrons. The maximum atomic E-state index is 12.6. The second-order valence-corrected chi connectivity index (χ2v) is 8.12. The summed E-state index contributed by atoms with van der Waals surface area (Å²) >= 11 is 6.51. The lowest BCUT2D eigenvalue weighted by molar-refractivity contribution is 0.102. The zero-order valence-corrected chi connectivity index (χ0v) is 18.3. The lowest BCUT2D eigenvalue weighted by atomic mass is 10.2. The maximum absolute atomic E-state index is 12.6. The first-order chi connectivity index (χ1) is 15.1. The Kier molecular flexibility index (Phi) is 6.75. The van der Waals surface area contributed by atoms with Gasteiger partial charge in [-0.15, -0.1) is 0 Å². The predicted octanol–water partition coefficient (Wildman–Crippen LogP) is 4.92. The summed E-state index contributed by atoms with van der Waals surface area (Å²) in [5, 5.41) is 3.57. The minimum atomic E-state index is -0.182. The molecule has 3 aromatic rings. The van der Waals surface area contributed by atoms with Crippen LogP contribution in [0.15, 0.2) is 72.8 Å². The molecule has 160 valence electrons. The number of halogens is 1. The normalized spacial score (nSPS) is 14.3. The molecule has 1 saturated heterocycles. The molecule has 1 amide bonds. The van der Waals surface area contributed by atoms with Crippen LogP contribution in [0.2, 0.25) is 5.02 Å². The standard InChI is InChI=1S/C25H26ClN3O2/c1-28-13-15-29(16-14-28)24-12-9-21(17-23(24)26)27-25(30)20-7-10-22(11-8-20)31-18-19-5-3-2-4-6-19/h2-12,17H,13-16,18H2,1H3,(H,27,30). The number of rotatable bonds is 6. The molecule has 4 rings (SSSR count). The first-order valence-corrected chi connectivity index (χ1v) is 10.8. The van der Waals surface area contributed by atoms with Crippen molar-refractivity contribution in [1.29, 1.82) is 0 Å². The summed E-state index contributed by atoms with van der Waals surface area (Å²) < 4.78 is 5.78. The first-order valence-electron chi connectivity index (χ1n) is 10.4. The Labute approximate surface area is 188 Å². The van der Waals surface area contributed by atoms with Gasteiger partial charge in [0, 0.05) is 37.4 Å². The molecule has 6 heteroatoms. The molecule has 0 atom stereocenters. The van der Waals surface area contributed by atoms with Crippen molar-refractivity contribution < 1.29 is 9.53 Å². The molecule has 0 saturated carbocycles. The monoisotopic (exact) mass is 435 g/mol. The van der Waals surface area contributed by atoms with Gasteiger partial charge >= 0.3 is 0 Å². The van der Waals surface area contributed by atoms with Gasteiger partial charge in [0.15, 0.2) is 0 Å². The number of carbonyl (C=O) groups is 1. The van der Waals surface area contributed by atoms with Gasteiger partial charge in [0.1, 0.15) is 12.4 Å². The van der Waals surface area contributed by atoms with Crippen LogP contribution in [-0.2, 0) is 6.61 Å². The van der Waals surface area contributed by atoms with E-state index >= 15 is 0 Å². The molecule has 1 N–H and O–H groups in total. The number of nitrogens with one attached hydrogen (secondary N) is 1. The fraction of sp³-hybridized carbons (Fsp3) is 0.240. The number of likely N-dealkylation sites (N-methyl/N-ethyl adjacent to an activating group) is 1. The molecule has 31 heavy (non-hydrogen) atoms. The number of amides is 1. The lowest BCUT2D eigenvalue weighted by Gasteiger charge is -2.34. The van der Waals surface area contributed by atoms with E-state index in [9.17, 15) is 4.79 Å². The van der Waals surface area contributed by atoms with E-state index in [0.29, 0.717) is 22.9 Å². The number of benzene rings is 3. The molecular formula is C25H26ClN3O2. The number of hydrogen-bond donors (Lipinski definition) is 1. The van der Waals surface area contributed by atoms with Gasteiger partial charge in [-0.05, 0) is 55.1 Å². The fourth-order valence-electron chi connectivity index (χ4n) is 3.54. The van der Waals surface area contributed by atoms with Gasteiger partial charge < -0.3 is 19.9 Å². The largest absolute Gasteiger partial charge is 0.489 e. The van der Waals surface area contributed by atoms with Crippen molar-refractivity contribution in [3.63, 3.8) is 0 Å². The lowest BCUT2D eigenvalue weighted by Crippen LogP contribution is -2.44. The highest BCUT2D eigenvalue weighted by molar-refractivity contribution is 6.33. The van der Waals surface area contributed by atoms with Crippen LogP contribution in [0.3, 0.4) is 0 Å². The molecule has 1 aliphatic rings. The zero-order chi connectivity index (χ0) is 21.6. The number of ether oxygens (including phenoxy) is 1. The van der Waals surface area contributed by atoms with Gasteiger partial charge in [-0.1, -0.05) is 41.9 Å². The summed E-state index contributed by atoms with van der Waals surface area (Å²) in [5.41, 5.74) is 3.34. The van der Waals surface area contributed by atoms with Crippen LogP contribution in [0, 0.1) is 0 Å². The molecule has 1 heterocycles. The predicted molar refractivity (Wildman–Crippen MR) is 126 cm³/mol. The molecule has 0 aromatic heterocycles. The van der Waals surface area contributed by atoms with Crippen molar-refractivity contribution in [3.05, 3.63) is 88.9 Å². The van der Waals surface area contributed by atoms with Gasteiger partial charge in [-0.25, -0.2) is 0 Å². The summed E-state index contributed by atoms with van der Waals surface area (Å²) in [4.78, 5) is 17.2. The molecule has 0 unspecified atom stereocenters. The Bertz CT molecular complexity index is 1020. The Balaban J connectivity index is 1.35. The summed E-state index contributed by atoms with van der Waals surface area (Å²) in [6.07, 6.45) is 0. The van der Waals surface area contributed by atoms with Gasteiger partial charge in [0.2, 0.25) is 0 Å². The Morgan fingerprint density at radius 2 is 1.68 bits per heavy atom. The maximum Gasteiger partial charge on any atom is 0.255 e. The smallest absolute Gasteiger partial charge is 0.255 e. The van der Waals surface area contributed by atoms with E-state index in [4.69, 9.17) is 16.3 Å². The Hall–Kier alpha value is -3.02. The van der Waals surface area contributed by atoms with E-state index in [1.54, 1.807) is 24.3 Å². The minimum Gasteiger partial charge on any atom is -0.489 e. The average molecular weight is 436 g/mol. The van der Waals surface area contributed by atoms with E-state index in [0.717, 1.165) is 43.2 Å². The molecule has 0 spiro atoms. The van der Waals surface area contributed by atoms with Gasteiger partial charge in [0.05, 0.1) is 10.7 Å². The van der Waals surface area contributed by atoms with Crippen molar-refractivity contribution in [2.24, 2.45) is 0 Å².